The highest BCUT2D eigenvalue weighted by Gasteiger charge is 2.60. The molecular weight excluding hydrogens is 539 g/mol. The van der Waals surface area contributed by atoms with Crippen molar-refractivity contribution in [1.29, 1.82) is 0 Å². The molecule has 0 unspecified atom stereocenters. The molecular formula is C17H15ClF7N5O6. The summed E-state index contributed by atoms with van der Waals surface area (Å²) in [6, 6.07) is 0. The van der Waals surface area contributed by atoms with E-state index in [9.17, 15) is 40.7 Å². The monoisotopic (exact) mass is 553 g/mol. The van der Waals surface area contributed by atoms with Gasteiger partial charge in [-0.15, -0.1) is 0 Å². The number of aromatic nitrogens is 4. The quantitative estimate of drug-likeness (QED) is 0.334. The molecule has 2 aromatic heterocycles. The summed E-state index contributed by atoms with van der Waals surface area (Å²) in [6.45, 7) is -0.621. The van der Waals surface area contributed by atoms with E-state index in [4.69, 9.17) is 26.8 Å². The minimum Gasteiger partial charge on any atom is -0.454 e. The van der Waals surface area contributed by atoms with E-state index in [0.717, 1.165) is 6.92 Å². The number of nitrogens with zero attached hydrogens (tertiary/aromatic N) is 4. The predicted octanol–water partition coefficient (Wildman–Crippen LogP) is 2.05. The minimum absolute atomic E-state index is 0.0131. The topological polar surface area (TPSA) is 141 Å². The highest BCUT2D eigenvalue weighted by Crippen LogP contribution is 2.41. The van der Waals surface area contributed by atoms with Crippen LogP contribution < -0.4 is 11.4 Å². The van der Waals surface area contributed by atoms with Gasteiger partial charge in [-0.1, -0.05) is 11.6 Å². The number of nitrogen functional groups attached to an aromatic ring is 1. The van der Waals surface area contributed by atoms with Crippen LogP contribution in [-0.2, 0) is 30.3 Å². The zero-order chi connectivity index (χ0) is 27.3. The summed E-state index contributed by atoms with van der Waals surface area (Å²) in [7, 11) is 0. The Morgan fingerprint density at radius 1 is 1.17 bits per heavy atom. The van der Waals surface area contributed by atoms with E-state index in [-0.39, 0.29) is 9.13 Å². The lowest BCUT2D eigenvalue weighted by molar-refractivity contribution is -0.252. The number of anilines is 1. The maximum absolute atomic E-state index is 15.3. The van der Waals surface area contributed by atoms with Crippen LogP contribution in [-0.4, -0.2) is 67.9 Å². The minimum atomic E-state index is -5.40. The van der Waals surface area contributed by atoms with Crippen molar-refractivity contribution in [2.24, 2.45) is 0 Å². The number of fused-ring (bicyclic) bond motifs is 1. The molecule has 200 valence electrons. The number of ether oxygens (including phenoxy) is 3. The van der Waals surface area contributed by atoms with Gasteiger partial charge in [0.1, 0.15) is 18.2 Å². The lowest BCUT2D eigenvalue weighted by Gasteiger charge is -2.26. The largest absolute Gasteiger partial charge is 0.454 e. The molecule has 1 aliphatic rings. The number of rotatable bonds is 5. The van der Waals surface area contributed by atoms with E-state index in [1.165, 1.54) is 0 Å². The Bertz CT molecular complexity index is 1250. The number of carbonyl (C=O) groups is 2. The van der Waals surface area contributed by atoms with Gasteiger partial charge in [-0.2, -0.15) is 36.3 Å². The van der Waals surface area contributed by atoms with Gasteiger partial charge in [0.05, 0.1) is 0 Å². The Balaban J connectivity index is 2.26. The average molecular weight is 554 g/mol. The molecule has 0 radical (unpaired) electrons. The van der Waals surface area contributed by atoms with E-state index in [0.29, 0.717) is 6.92 Å². The van der Waals surface area contributed by atoms with Crippen molar-refractivity contribution in [2.45, 2.75) is 63.5 Å². The van der Waals surface area contributed by atoms with Crippen molar-refractivity contribution in [3.8, 4) is 0 Å². The molecule has 0 bridgehead atoms. The summed E-state index contributed by atoms with van der Waals surface area (Å²) >= 11 is 5.86. The fraction of sp³-hybridized carbons (Fsp3) is 0.588. The first-order valence-electron chi connectivity index (χ1n) is 9.63. The molecule has 1 fully saturated rings. The van der Waals surface area contributed by atoms with E-state index in [1.54, 1.807) is 0 Å². The van der Waals surface area contributed by atoms with Crippen molar-refractivity contribution >= 4 is 40.7 Å². The summed E-state index contributed by atoms with van der Waals surface area (Å²) in [6.07, 6.45) is -23.9. The second kappa shape index (κ2) is 9.38. The number of alkyl halides is 7. The van der Waals surface area contributed by atoms with Gasteiger partial charge in [0, 0.05) is 13.8 Å². The van der Waals surface area contributed by atoms with Crippen LogP contribution in [0.4, 0.5) is 36.7 Å². The predicted molar refractivity (Wildman–Crippen MR) is 103 cm³/mol. The van der Waals surface area contributed by atoms with Crippen LogP contribution in [0.5, 0.6) is 0 Å². The molecule has 1 aliphatic heterocycles. The van der Waals surface area contributed by atoms with Crippen LogP contribution in [0, 0.1) is 0 Å². The number of hydrogen-bond donors (Lipinski definition) is 1. The number of esters is 2. The Hall–Kier alpha value is -3.15. The summed E-state index contributed by atoms with van der Waals surface area (Å²) in [5.74, 6) is -3.40. The number of nitrogens with two attached hydrogens (primary N) is 1. The normalized spacial score (nSPS) is 23.6. The third-order valence-corrected chi connectivity index (χ3v) is 5.05. The van der Waals surface area contributed by atoms with Crippen molar-refractivity contribution in [1.82, 2.24) is 19.1 Å². The van der Waals surface area contributed by atoms with Crippen molar-refractivity contribution < 1.29 is 54.5 Å². The lowest BCUT2D eigenvalue weighted by atomic mass is 10.1. The van der Waals surface area contributed by atoms with Gasteiger partial charge in [0.2, 0.25) is 12.1 Å². The molecule has 11 nitrogen and oxygen atoms in total. The van der Waals surface area contributed by atoms with E-state index >= 15 is 4.39 Å². The highest BCUT2D eigenvalue weighted by atomic mass is 35.5. The summed E-state index contributed by atoms with van der Waals surface area (Å²) in [5, 5.41) is -0.749. The molecule has 0 spiro atoms. The van der Waals surface area contributed by atoms with Gasteiger partial charge in [0.15, 0.2) is 29.3 Å². The molecule has 36 heavy (non-hydrogen) atoms. The Morgan fingerprint density at radius 2 is 1.78 bits per heavy atom. The molecule has 0 saturated carbocycles. The van der Waals surface area contributed by atoms with Crippen LogP contribution in [0.15, 0.2) is 4.79 Å². The van der Waals surface area contributed by atoms with E-state index in [1.807, 2.05) is 0 Å². The molecule has 0 aromatic carbocycles. The van der Waals surface area contributed by atoms with Crippen LogP contribution in [0.2, 0.25) is 5.15 Å². The molecule has 0 amide bonds. The molecule has 3 heterocycles. The van der Waals surface area contributed by atoms with E-state index < -0.39 is 89.5 Å². The van der Waals surface area contributed by atoms with Gasteiger partial charge in [-0.25, -0.2) is 13.8 Å². The zero-order valence-electron chi connectivity index (χ0n) is 17.9. The molecule has 5 atom stereocenters. The van der Waals surface area contributed by atoms with Crippen molar-refractivity contribution in [3.05, 3.63) is 15.6 Å². The Labute approximate surface area is 199 Å². The Morgan fingerprint density at radius 3 is 2.28 bits per heavy atom. The number of hydrogen-bond acceptors (Lipinski definition) is 9. The zero-order valence-corrected chi connectivity index (χ0v) is 18.7. The molecule has 1 saturated heterocycles. The highest BCUT2D eigenvalue weighted by molar-refractivity contribution is 6.33. The second-order valence-electron chi connectivity index (χ2n) is 7.48. The second-order valence-corrected chi connectivity index (χ2v) is 7.84. The van der Waals surface area contributed by atoms with Crippen molar-refractivity contribution in [3.63, 3.8) is 0 Å². The standard InChI is InChI=1S/C17H15ClF7N5O6/c1-4(31)34-9-6(19)8(10(17(23,24)25)35-5(2)32)36-13(9)30-12-7(11(18)27-14(26)28-12)29(15(30)33)3-16(20,21)22/h6,8-10,13H,3H2,1-2H3,(H2,26,27,28)/t6-,8-,9+,10+,13+/m0/s1. The first kappa shape index (κ1) is 27.4. The van der Waals surface area contributed by atoms with Crippen LogP contribution in [0.25, 0.3) is 11.2 Å². The summed E-state index contributed by atoms with van der Waals surface area (Å²) in [4.78, 5) is 42.8. The van der Waals surface area contributed by atoms with Crippen LogP contribution in [0.1, 0.15) is 20.1 Å². The van der Waals surface area contributed by atoms with E-state index in [2.05, 4.69) is 14.7 Å². The van der Waals surface area contributed by atoms with Gasteiger partial charge >= 0.3 is 30.0 Å². The molecule has 2 N–H and O–H groups in total. The van der Waals surface area contributed by atoms with Gasteiger partial charge in [-0.3, -0.25) is 14.2 Å². The van der Waals surface area contributed by atoms with Crippen molar-refractivity contribution in [2.75, 3.05) is 5.73 Å². The molecule has 19 heteroatoms. The SMILES string of the molecule is CC(=O)O[C@@H]1[C@@H](F)[C@@H]([C@@H](OC(C)=O)C(F)(F)F)O[C@H]1n1c(=O)n(CC(F)(F)F)c2c(Cl)nc(N)nc21. The molecule has 3 rings (SSSR count). The fourth-order valence-electron chi connectivity index (χ4n) is 3.62. The third kappa shape index (κ3) is 5.32. The Kier molecular flexibility index (Phi) is 7.15. The first-order valence-corrected chi connectivity index (χ1v) is 10.0. The summed E-state index contributed by atoms with van der Waals surface area (Å²) in [5.41, 5.74) is 2.28. The summed E-state index contributed by atoms with van der Waals surface area (Å²) < 4.78 is 110. The lowest BCUT2D eigenvalue weighted by Crippen LogP contribution is -2.47. The van der Waals surface area contributed by atoms with Crippen LogP contribution >= 0.6 is 11.6 Å². The maximum atomic E-state index is 15.3. The number of carbonyl (C=O) groups excluding carboxylic acids is 2. The molecule has 2 aromatic rings. The number of halogens is 8. The third-order valence-electron chi connectivity index (χ3n) is 4.79. The maximum Gasteiger partial charge on any atom is 0.428 e. The smallest absolute Gasteiger partial charge is 0.428 e. The van der Waals surface area contributed by atoms with Gasteiger partial charge < -0.3 is 19.9 Å². The average Bonchev–Trinajstić information content (AvgIpc) is 3.12. The van der Waals surface area contributed by atoms with Crippen LogP contribution in [0.3, 0.4) is 0 Å². The van der Waals surface area contributed by atoms with Gasteiger partial charge in [-0.05, 0) is 0 Å². The first-order chi connectivity index (χ1) is 16.4. The number of imidazole rings is 1. The fourth-order valence-corrected chi connectivity index (χ4v) is 3.89. The molecule has 0 aliphatic carbocycles. The van der Waals surface area contributed by atoms with Gasteiger partial charge in [0.25, 0.3) is 0 Å².